The monoisotopic (exact) mass is 528 g/mol. The van der Waals surface area contributed by atoms with Gasteiger partial charge in [0.1, 0.15) is 5.75 Å². The van der Waals surface area contributed by atoms with Crippen LogP contribution < -0.4 is 4.52 Å². The van der Waals surface area contributed by atoms with Crippen LogP contribution in [0.5, 0.6) is 5.75 Å². The van der Waals surface area contributed by atoms with E-state index in [1.165, 1.54) is 11.0 Å². The molecule has 0 amide bonds. The van der Waals surface area contributed by atoms with Crippen molar-refractivity contribution in [3.05, 3.63) is 57.0 Å². The Morgan fingerprint density at radius 3 is 2.58 bits per heavy atom. The maximum atomic E-state index is 12.4. The Bertz CT molecular complexity index is 792. The molecule has 2 aromatic carbocycles. The Labute approximate surface area is 172 Å². The molecule has 2 rings (SSSR count). The minimum atomic E-state index is -4.96. The first-order chi connectivity index (χ1) is 12.3. The molecule has 26 heavy (non-hydrogen) atoms. The van der Waals surface area contributed by atoms with Crippen molar-refractivity contribution in [2.45, 2.75) is 30.3 Å². The summed E-state index contributed by atoms with van der Waals surface area (Å²) in [7, 11) is -4.96. The number of halogens is 4. The highest BCUT2D eigenvalue weighted by Crippen LogP contribution is 2.50. The van der Waals surface area contributed by atoms with Gasteiger partial charge in [0.05, 0.1) is 4.47 Å². The third kappa shape index (κ3) is 6.97. The van der Waals surface area contributed by atoms with Crippen LogP contribution >= 0.6 is 51.2 Å². The van der Waals surface area contributed by atoms with Crippen molar-refractivity contribution in [1.29, 1.82) is 0 Å². The van der Waals surface area contributed by atoms with Gasteiger partial charge in [-0.3, -0.25) is 0 Å². The Kier molecular flexibility index (Phi) is 8.61. The van der Waals surface area contributed by atoms with Crippen LogP contribution in [-0.4, -0.2) is 16.8 Å². The second kappa shape index (κ2) is 10.2. The molecule has 0 fully saturated rings. The molecule has 0 heterocycles. The normalized spacial score (nSPS) is 13.6. The number of hydrogen-bond donors (Lipinski definition) is 1. The smallest absolute Gasteiger partial charge is 0.420 e. The van der Waals surface area contributed by atoms with E-state index in [0.29, 0.717) is 4.47 Å². The summed E-state index contributed by atoms with van der Waals surface area (Å²) in [4.78, 5) is 10.3. The Morgan fingerprint density at radius 1 is 1.15 bits per heavy atom. The lowest BCUT2D eigenvalue weighted by molar-refractivity contribution is 0.188. The molecule has 142 valence electrons. The number of thioether (sulfide) groups is 1. The predicted molar refractivity (Wildman–Crippen MR) is 108 cm³/mol. The number of aryl methyl sites for hydroxylation is 1. The molecule has 0 saturated heterocycles. The van der Waals surface area contributed by atoms with Gasteiger partial charge >= 0.3 is 13.8 Å². The summed E-state index contributed by atoms with van der Waals surface area (Å²) in [5.41, 5.74) is 1.00. The van der Waals surface area contributed by atoms with Crippen LogP contribution in [0, 0.1) is 0 Å². The summed E-state index contributed by atoms with van der Waals surface area (Å²) in [5, 5.41) is 0. The third-order valence-electron chi connectivity index (χ3n) is 3.40. The van der Waals surface area contributed by atoms with E-state index in [-0.39, 0.29) is 5.75 Å². The van der Waals surface area contributed by atoms with Crippen molar-refractivity contribution >= 4 is 51.2 Å². The van der Waals surface area contributed by atoms with Gasteiger partial charge in [0, 0.05) is 9.37 Å². The van der Waals surface area contributed by atoms with Gasteiger partial charge in [-0.25, -0.2) is 4.57 Å². The van der Waals surface area contributed by atoms with Crippen LogP contribution in [0.4, 0.5) is 8.78 Å². The molecule has 3 nitrogen and oxygen atoms in total. The fraction of sp³-hybridized carbons (Fsp3) is 0.294. The van der Waals surface area contributed by atoms with E-state index >= 15 is 0 Å². The average molecular weight is 530 g/mol. The van der Waals surface area contributed by atoms with Crippen LogP contribution in [0.25, 0.3) is 0 Å². The fourth-order valence-corrected chi connectivity index (χ4v) is 4.81. The van der Waals surface area contributed by atoms with Gasteiger partial charge in [0.25, 0.3) is 0 Å². The van der Waals surface area contributed by atoms with E-state index in [1.54, 1.807) is 23.9 Å². The number of hydrogen-bond acceptors (Lipinski definition) is 3. The van der Waals surface area contributed by atoms with Crippen molar-refractivity contribution < 1.29 is 22.8 Å². The molecule has 0 aliphatic carbocycles. The fourth-order valence-electron chi connectivity index (χ4n) is 2.13. The predicted octanol–water partition coefficient (Wildman–Crippen LogP) is 7.11. The Hall–Kier alpha value is -0.400. The van der Waals surface area contributed by atoms with E-state index in [9.17, 15) is 13.3 Å². The van der Waals surface area contributed by atoms with Crippen molar-refractivity contribution in [3.8, 4) is 5.75 Å². The summed E-state index contributed by atoms with van der Waals surface area (Å²) in [6.07, 6.45) is -0.603. The van der Waals surface area contributed by atoms with Gasteiger partial charge in [-0.1, -0.05) is 28.1 Å². The molecule has 0 radical (unpaired) electrons. The second-order valence-corrected chi connectivity index (χ2v) is 10.1. The van der Waals surface area contributed by atoms with Crippen LogP contribution in [-0.2, 0) is 11.0 Å². The first-order valence-electron chi connectivity index (χ1n) is 7.75. The third-order valence-corrected chi connectivity index (χ3v) is 6.54. The number of alkyl halides is 2. The maximum Gasteiger partial charge on any atom is 0.442 e. The molecule has 1 unspecified atom stereocenters. The van der Waals surface area contributed by atoms with Crippen molar-refractivity contribution in [2.24, 2.45) is 0 Å². The van der Waals surface area contributed by atoms with E-state index in [0.717, 1.165) is 35.1 Å². The highest BCUT2D eigenvalue weighted by molar-refractivity contribution is 9.10. The molecule has 1 N–H and O–H groups in total. The zero-order chi connectivity index (χ0) is 19.2. The topological polar surface area (TPSA) is 46.5 Å². The highest BCUT2D eigenvalue weighted by atomic mass is 79.9. The molecule has 1 atom stereocenters. The van der Waals surface area contributed by atoms with Crippen molar-refractivity contribution in [2.75, 3.05) is 5.75 Å². The standard InChI is InChI=1S/C17H17Br2F2O3PS/c18-13-5-3-6-14(11-13)26-9-2-1-4-12-7-8-16(15(19)10-12)24-25(22,23)17(20)21/h3,5-8,10-11,17H,1-2,4,9H2,(H,22,23). The second-order valence-electron chi connectivity index (χ2n) is 5.46. The zero-order valence-electron chi connectivity index (χ0n) is 13.6. The van der Waals surface area contributed by atoms with Gasteiger partial charge in [0.15, 0.2) is 0 Å². The van der Waals surface area contributed by atoms with Crippen molar-refractivity contribution in [1.82, 2.24) is 0 Å². The average Bonchev–Trinajstić information content (AvgIpc) is 2.57. The SMILES string of the molecule is O=P(O)(Oc1ccc(CCCCSc2cccc(Br)c2)cc1Br)C(F)F. The number of rotatable bonds is 9. The summed E-state index contributed by atoms with van der Waals surface area (Å²) in [6.45, 7) is 0. The molecule has 0 bridgehead atoms. The van der Waals surface area contributed by atoms with E-state index in [4.69, 9.17) is 4.89 Å². The molecule has 0 aromatic heterocycles. The molecule has 0 spiro atoms. The van der Waals surface area contributed by atoms with Gasteiger partial charge in [-0.2, -0.15) is 8.78 Å². The summed E-state index contributed by atoms with van der Waals surface area (Å²) in [5.74, 6) is 0.936. The molecule has 0 aliphatic heterocycles. The lowest BCUT2D eigenvalue weighted by Gasteiger charge is -2.14. The number of unbranched alkanes of at least 4 members (excludes halogenated alkanes) is 1. The summed E-state index contributed by atoms with van der Waals surface area (Å²) in [6, 6.07) is 13.0. The maximum absolute atomic E-state index is 12.4. The Balaban J connectivity index is 1.80. The molecule has 0 aliphatic rings. The lowest BCUT2D eigenvalue weighted by atomic mass is 10.1. The minimum Gasteiger partial charge on any atom is -0.420 e. The molecule has 0 saturated carbocycles. The largest absolute Gasteiger partial charge is 0.442 e. The summed E-state index contributed by atoms with van der Waals surface area (Å²) >= 11 is 8.44. The van der Waals surface area contributed by atoms with Crippen molar-refractivity contribution in [3.63, 3.8) is 0 Å². The molecular weight excluding hydrogens is 513 g/mol. The van der Waals surface area contributed by atoms with Gasteiger partial charge in [0.2, 0.25) is 0 Å². The van der Waals surface area contributed by atoms with E-state index in [2.05, 4.69) is 48.5 Å². The van der Waals surface area contributed by atoms with Crippen LogP contribution in [0.15, 0.2) is 56.3 Å². The quantitative estimate of drug-likeness (QED) is 0.213. The summed E-state index contributed by atoms with van der Waals surface area (Å²) < 4.78 is 42.1. The number of benzene rings is 2. The minimum absolute atomic E-state index is 0.0647. The van der Waals surface area contributed by atoms with Gasteiger partial charge in [-0.15, -0.1) is 11.8 Å². The Morgan fingerprint density at radius 2 is 1.92 bits per heavy atom. The van der Waals surface area contributed by atoms with Crippen LogP contribution in [0.3, 0.4) is 0 Å². The first kappa shape index (κ1) is 21.9. The molecule has 9 heteroatoms. The highest BCUT2D eigenvalue weighted by Gasteiger charge is 2.34. The van der Waals surface area contributed by atoms with Crippen LogP contribution in [0.2, 0.25) is 0 Å². The van der Waals surface area contributed by atoms with Crippen LogP contribution in [0.1, 0.15) is 18.4 Å². The molecule has 2 aromatic rings. The van der Waals surface area contributed by atoms with E-state index < -0.39 is 13.8 Å². The van der Waals surface area contributed by atoms with E-state index in [1.807, 2.05) is 12.1 Å². The zero-order valence-corrected chi connectivity index (χ0v) is 18.5. The molecular formula is C17H17Br2F2O3PS. The first-order valence-corrected chi connectivity index (χ1v) is 12.0. The van der Waals surface area contributed by atoms with Gasteiger partial charge in [-0.05, 0) is 76.8 Å². The lowest BCUT2D eigenvalue weighted by Crippen LogP contribution is -2.01. The van der Waals surface area contributed by atoms with Gasteiger partial charge < -0.3 is 9.42 Å².